The lowest BCUT2D eigenvalue weighted by Crippen LogP contribution is -2.34. The second-order valence-electron chi connectivity index (χ2n) is 5.73. The van der Waals surface area contributed by atoms with Gasteiger partial charge < -0.3 is 10.3 Å². The van der Waals surface area contributed by atoms with Crippen molar-refractivity contribution in [3.8, 4) is 0 Å². The number of hydrogen-bond donors (Lipinski definition) is 2. The zero-order valence-corrected chi connectivity index (χ0v) is 13.2. The van der Waals surface area contributed by atoms with Gasteiger partial charge in [-0.25, -0.2) is 9.86 Å². The van der Waals surface area contributed by atoms with Gasteiger partial charge in [0.15, 0.2) is 0 Å². The molecule has 3 rings (SSSR count). The summed E-state index contributed by atoms with van der Waals surface area (Å²) >= 11 is 0. The number of carbonyl (C=O) groups is 1. The maximum atomic E-state index is 10.9. The molecule has 5 heteroatoms. The molecule has 3 N–H and O–H groups in total. The number of nitrogens with zero attached hydrogens (tertiary/aromatic N) is 2. The maximum Gasteiger partial charge on any atom is 0.338 e. The number of carbonyl (C=O) groups excluding carboxylic acids is 1. The molecule has 5 nitrogen and oxygen atoms in total. The number of hydrogen-bond acceptors (Lipinski definition) is 2. The Morgan fingerprint density at radius 3 is 2.65 bits per heavy atom. The van der Waals surface area contributed by atoms with Gasteiger partial charge in [0.05, 0.1) is 6.54 Å². The molecule has 1 heterocycles. The van der Waals surface area contributed by atoms with Crippen molar-refractivity contribution in [1.29, 1.82) is 0 Å². The van der Waals surface area contributed by atoms with Crippen LogP contribution in [-0.2, 0) is 13.0 Å². The molecule has 1 aromatic heterocycles. The van der Waals surface area contributed by atoms with Crippen LogP contribution in [0.4, 0.5) is 4.79 Å². The van der Waals surface area contributed by atoms with Crippen molar-refractivity contribution in [2.45, 2.75) is 26.3 Å². The molecule has 0 aliphatic rings. The molecule has 0 spiro atoms. The van der Waals surface area contributed by atoms with Crippen LogP contribution >= 0.6 is 0 Å². The molecule has 0 radical (unpaired) electrons. The van der Waals surface area contributed by atoms with Gasteiger partial charge >= 0.3 is 6.03 Å². The smallest absolute Gasteiger partial charge is 0.338 e. The molecule has 120 valence electrons. The lowest BCUT2D eigenvalue weighted by molar-refractivity contribution is -0.0382. The quantitative estimate of drug-likeness (QED) is 0.559. The van der Waals surface area contributed by atoms with Crippen molar-refractivity contribution >= 4 is 27.8 Å². The SMILES string of the molecule is CCCn1c2ccccc2c2cc(CCN(O)C(N)=O)ccc21. The molecule has 0 fully saturated rings. The molecule has 0 unspecified atom stereocenters. The van der Waals surface area contributed by atoms with Crippen molar-refractivity contribution in [2.75, 3.05) is 6.54 Å². The van der Waals surface area contributed by atoms with Crippen LogP contribution in [0.15, 0.2) is 42.5 Å². The Morgan fingerprint density at radius 2 is 1.91 bits per heavy atom. The first-order valence-electron chi connectivity index (χ1n) is 7.87. The molecule has 0 atom stereocenters. The number of aromatic nitrogens is 1. The fraction of sp³-hybridized carbons (Fsp3) is 0.278. The predicted molar refractivity (Wildman–Crippen MR) is 91.5 cm³/mol. The molecular weight excluding hydrogens is 290 g/mol. The van der Waals surface area contributed by atoms with E-state index in [4.69, 9.17) is 5.73 Å². The number of amides is 2. The first-order chi connectivity index (χ1) is 11.1. The number of primary amides is 1. The molecule has 2 aromatic carbocycles. The van der Waals surface area contributed by atoms with Crippen LogP contribution in [0.3, 0.4) is 0 Å². The largest absolute Gasteiger partial charge is 0.350 e. The Bertz CT molecular complexity index is 854. The van der Waals surface area contributed by atoms with Gasteiger partial charge in [0, 0.05) is 28.4 Å². The second kappa shape index (κ2) is 6.30. The lowest BCUT2D eigenvalue weighted by atomic mass is 10.1. The molecular formula is C18H21N3O2. The number of aryl methyl sites for hydroxylation is 1. The summed E-state index contributed by atoms with van der Waals surface area (Å²) in [6.07, 6.45) is 1.64. The van der Waals surface area contributed by atoms with Gasteiger partial charge in [0.25, 0.3) is 0 Å². The topological polar surface area (TPSA) is 71.5 Å². The molecule has 23 heavy (non-hydrogen) atoms. The van der Waals surface area contributed by atoms with Crippen molar-refractivity contribution in [1.82, 2.24) is 9.63 Å². The maximum absolute atomic E-state index is 10.9. The van der Waals surface area contributed by atoms with E-state index in [0.717, 1.165) is 18.5 Å². The van der Waals surface area contributed by atoms with Crippen LogP contribution in [0.25, 0.3) is 21.8 Å². The average molecular weight is 311 g/mol. The molecule has 0 bridgehead atoms. The van der Waals surface area contributed by atoms with E-state index in [9.17, 15) is 10.0 Å². The number of benzene rings is 2. The lowest BCUT2D eigenvalue weighted by Gasteiger charge is -2.11. The van der Waals surface area contributed by atoms with Crippen LogP contribution in [0, 0.1) is 0 Å². The third-order valence-corrected chi connectivity index (χ3v) is 4.15. The minimum Gasteiger partial charge on any atom is -0.350 e. The molecule has 0 saturated heterocycles. The van der Waals surface area contributed by atoms with Gasteiger partial charge in [-0.05, 0) is 36.6 Å². The van der Waals surface area contributed by atoms with Gasteiger partial charge in [-0.15, -0.1) is 0 Å². The van der Waals surface area contributed by atoms with Gasteiger partial charge in [-0.3, -0.25) is 5.21 Å². The summed E-state index contributed by atoms with van der Waals surface area (Å²) in [5.41, 5.74) is 8.56. The highest BCUT2D eigenvalue weighted by atomic mass is 16.5. The molecule has 0 aliphatic carbocycles. The third-order valence-electron chi connectivity index (χ3n) is 4.15. The predicted octanol–water partition coefficient (Wildman–Crippen LogP) is 3.52. The summed E-state index contributed by atoms with van der Waals surface area (Å²) in [6, 6.07) is 13.9. The standard InChI is InChI=1S/C18H21N3O2/c1-2-10-20-16-6-4-3-5-14(16)15-12-13(7-8-17(15)20)9-11-21(23)18(19)22/h3-8,12,23H,2,9-11H2,1H3,(H2,19,22). The number of para-hydroxylation sites is 1. The van der Waals surface area contributed by atoms with Crippen LogP contribution in [-0.4, -0.2) is 27.4 Å². The summed E-state index contributed by atoms with van der Waals surface area (Å²) < 4.78 is 2.34. The van der Waals surface area contributed by atoms with E-state index in [2.05, 4.69) is 41.8 Å². The fourth-order valence-corrected chi connectivity index (χ4v) is 3.07. The zero-order valence-electron chi connectivity index (χ0n) is 13.2. The number of rotatable bonds is 5. The highest BCUT2D eigenvalue weighted by Gasteiger charge is 2.11. The number of hydroxylamine groups is 2. The van der Waals surface area contributed by atoms with Crippen molar-refractivity contribution in [3.63, 3.8) is 0 Å². The summed E-state index contributed by atoms with van der Waals surface area (Å²) in [6.45, 7) is 3.35. The van der Waals surface area contributed by atoms with Gasteiger partial charge in [0.2, 0.25) is 0 Å². The number of nitrogens with two attached hydrogens (primary N) is 1. The molecule has 2 amide bonds. The highest BCUT2D eigenvalue weighted by Crippen LogP contribution is 2.30. The number of fused-ring (bicyclic) bond motifs is 3. The Balaban J connectivity index is 2.02. The van der Waals surface area contributed by atoms with E-state index in [1.807, 2.05) is 12.1 Å². The van der Waals surface area contributed by atoms with Gasteiger partial charge in [-0.1, -0.05) is 31.2 Å². The highest BCUT2D eigenvalue weighted by molar-refractivity contribution is 6.08. The minimum atomic E-state index is -0.828. The van der Waals surface area contributed by atoms with Gasteiger partial charge in [-0.2, -0.15) is 0 Å². The van der Waals surface area contributed by atoms with E-state index < -0.39 is 6.03 Å². The summed E-state index contributed by atoms with van der Waals surface area (Å²) in [5.74, 6) is 0. The Kier molecular flexibility index (Phi) is 4.21. The Hall–Kier alpha value is -2.53. The molecule has 0 aliphatic heterocycles. The van der Waals surface area contributed by atoms with Crippen LogP contribution < -0.4 is 5.73 Å². The third kappa shape index (κ3) is 2.87. The Labute approximate surface area is 134 Å². The number of urea groups is 1. The summed E-state index contributed by atoms with van der Waals surface area (Å²) in [7, 11) is 0. The van der Waals surface area contributed by atoms with Crippen molar-refractivity contribution in [3.05, 3.63) is 48.0 Å². The van der Waals surface area contributed by atoms with E-state index in [1.54, 1.807) is 0 Å². The van der Waals surface area contributed by atoms with Crippen molar-refractivity contribution < 1.29 is 10.0 Å². The van der Waals surface area contributed by atoms with Crippen LogP contribution in [0.2, 0.25) is 0 Å². The van der Waals surface area contributed by atoms with E-state index >= 15 is 0 Å². The fourth-order valence-electron chi connectivity index (χ4n) is 3.07. The summed E-state index contributed by atoms with van der Waals surface area (Å²) in [5, 5.41) is 12.4. The minimum absolute atomic E-state index is 0.189. The zero-order chi connectivity index (χ0) is 16.4. The van der Waals surface area contributed by atoms with E-state index in [0.29, 0.717) is 11.5 Å². The first-order valence-corrected chi connectivity index (χ1v) is 7.87. The molecule has 0 saturated carbocycles. The van der Waals surface area contributed by atoms with Gasteiger partial charge in [0.1, 0.15) is 0 Å². The monoisotopic (exact) mass is 311 g/mol. The first kappa shape index (κ1) is 15.4. The summed E-state index contributed by atoms with van der Waals surface area (Å²) in [4.78, 5) is 10.9. The van der Waals surface area contributed by atoms with E-state index in [1.165, 1.54) is 21.8 Å². The normalized spacial score (nSPS) is 11.2. The second-order valence-corrected chi connectivity index (χ2v) is 5.73. The van der Waals surface area contributed by atoms with Crippen molar-refractivity contribution in [2.24, 2.45) is 5.73 Å². The van der Waals surface area contributed by atoms with Crippen LogP contribution in [0.5, 0.6) is 0 Å². The molecule has 3 aromatic rings. The van der Waals surface area contributed by atoms with E-state index in [-0.39, 0.29) is 6.54 Å². The Morgan fingerprint density at radius 1 is 1.17 bits per heavy atom. The van der Waals surface area contributed by atoms with Crippen LogP contribution in [0.1, 0.15) is 18.9 Å². The average Bonchev–Trinajstić information content (AvgIpc) is 2.87.